The first-order chi connectivity index (χ1) is 9.58. The predicted molar refractivity (Wildman–Crippen MR) is 75.1 cm³/mol. The molecule has 0 amide bonds. The molecule has 0 aliphatic heterocycles. The van der Waals surface area contributed by atoms with Gasteiger partial charge in [0, 0.05) is 29.4 Å². The van der Waals surface area contributed by atoms with Crippen molar-refractivity contribution in [2.24, 2.45) is 0 Å². The van der Waals surface area contributed by atoms with Crippen molar-refractivity contribution < 1.29 is 4.92 Å². The van der Waals surface area contributed by atoms with Crippen LogP contribution in [-0.4, -0.2) is 19.9 Å². The molecule has 3 N–H and O–H groups in total. The molecule has 0 unspecified atom stereocenters. The number of nitrogens with zero attached hydrogens (tertiary/aromatic N) is 3. The minimum Gasteiger partial charge on any atom is -0.368 e. The molecule has 0 saturated heterocycles. The normalized spacial score (nSPS) is 10.8. The maximum Gasteiger partial charge on any atom is 0.293 e. The van der Waals surface area contributed by atoms with Crippen LogP contribution < -0.4 is 5.73 Å². The summed E-state index contributed by atoms with van der Waals surface area (Å²) < 4.78 is 0. The second-order valence-corrected chi connectivity index (χ2v) is 4.42. The highest BCUT2D eigenvalue weighted by atomic mass is 16.6. The number of aromatic amines is 1. The van der Waals surface area contributed by atoms with Crippen LogP contribution in [0, 0.1) is 17.0 Å². The van der Waals surface area contributed by atoms with Crippen LogP contribution in [0.5, 0.6) is 0 Å². The second kappa shape index (κ2) is 4.30. The number of para-hydroxylation sites is 1. The maximum atomic E-state index is 11.0. The summed E-state index contributed by atoms with van der Waals surface area (Å²) in [5.41, 5.74) is 8.42. The third kappa shape index (κ3) is 1.76. The molecular weight excluding hydrogens is 258 g/mol. The molecule has 0 aliphatic carbocycles. The Bertz CT molecular complexity index is 825. The van der Waals surface area contributed by atoms with Gasteiger partial charge in [-0.1, -0.05) is 12.1 Å². The molecule has 0 aliphatic rings. The summed E-state index contributed by atoms with van der Waals surface area (Å²) in [5, 5.41) is 11.8. The minimum atomic E-state index is -0.413. The third-order valence-corrected chi connectivity index (χ3v) is 3.14. The van der Waals surface area contributed by atoms with Crippen LogP contribution in [0.2, 0.25) is 0 Å². The first-order valence-electron chi connectivity index (χ1n) is 5.92. The number of nitro benzene ring substituents is 1. The van der Waals surface area contributed by atoms with E-state index in [9.17, 15) is 10.1 Å². The van der Waals surface area contributed by atoms with E-state index in [4.69, 9.17) is 5.73 Å². The number of nitrogens with two attached hydrogens (primary N) is 1. The molecule has 20 heavy (non-hydrogen) atoms. The van der Waals surface area contributed by atoms with Crippen LogP contribution in [0.1, 0.15) is 5.56 Å². The number of rotatable bonds is 2. The van der Waals surface area contributed by atoms with Crippen LogP contribution in [0.3, 0.4) is 0 Å². The van der Waals surface area contributed by atoms with E-state index in [1.165, 1.54) is 6.07 Å². The average molecular weight is 269 g/mol. The zero-order valence-electron chi connectivity index (χ0n) is 10.6. The highest BCUT2D eigenvalue weighted by molar-refractivity contribution is 5.99. The number of aromatic nitrogens is 3. The van der Waals surface area contributed by atoms with Crippen molar-refractivity contribution in [3.63, 3.8) is 0 Å². The summed E-state index contributed by atoms with van der Waals surface area (Å²) >= 11 is 0. The van der Waals surface area contributed by atoms with E-state index < -0.39 is 4.92 Å². The number of nitro groups is 1. The number of hydrogen-bond donors (Lipinski definition) is 2. The van der Waals surface area contributed by atoms with Crippen LogP contribution >= 0.6 is 0 Å². The molecule has 2 heterocycles. The molecule has 100 valence electrons. The van der Waals surface area contributed by atoms with E-state index in [0.717, 1.165) is 16.5 Å². The summed E-state index contributed by atoms with van der Waals surface area (Å²) in [5.74, 6) is 0.172. The molecule has 0 fully saturated rings. The lowest BCUT2D eigenvalue weighted by molar-refractivity contribution is -0.383. The molecule has 7 nitrogen and oxygen atoms in total. The Morgan fingerprint density at radius 2 is 2.20 bits per heavy atom. The summed E-state index contributed by atoms with van der Waals surface area (Å²) in [4.78, 5) is 21.7. The fraction of sp³-hybridized carbons (Fsp3) is 0.0769. The van der Waals surface area contributed by atoms with Gasteiger partial charge in [-0.25, -0.2) is 9.97 Å². The van der Waals surface area contributed by atoms with Gasteiger partial charge in [-0.3, -0.25) is 10.1 Å². The van der Waals surface area contributed by atoms with Crippen molar-refractivity contribution >= 4 is 22.5 Å². The Morgan fingerprint density at radius 3 is 2.95 bits per heavy atom. The van der Waals surface area contributed by atoms with Crippen LogP contribution in [0.25, 0.3) is 22.2 Å². The summed E-state index contributed by atoms with van der Waals surface area (Å²) in [6.45, 7) is 1.87. The number of aryl methyl sites for hydroxylation is 1. The number of anilines is 1. The molecule has 3 aromatic rings. The number of nitrogen functional groups attached to an aromatic ring is 1. The van der Waals surface area contributed by atoms with Crippen molar-refractivity contribution in [2.75, 3.05) is 5.73 Å². The molecule has 7 heteroatoms. The highest BCUT2D eigenvalue weighted by Crippen LogP contribution is 2.33. The van der Waals surface area contributed by atoms with Crippen molar-refractivity contribution in [3.8, 4) is 11.3 Å². The van der Waals surface area contributed by atoms with E-state index in [2.05, 4.69) is 15.0 Å². The fourth-order valence-corrected chi connectivity index (χ4v) is 2.21. The van der Waals surface area contributed by atoms with E-state index in [0.29, 0.717) is 11.2 Å². The first kappa shape index (κ1) is 12.1. The highest BCUT2D eigenvalue weighted by Gasteiger charge is 2.17. The van der Waals surface area contributed by atoms with Crippen LogP contribution in [0.4, 0.5) is 11.6 Å². The van der Waals surface area contributed by atoms with E-state index >= 15 is 0 Å². The Labute approximate surface area is 113 Å². The Balaban J connectivity index is 2.31. The van der Waals surface area contributed by atoms with E-state index in [1.54, 1.807) is 18.5 Å². The van der Waals surface area contributed by atoms with Gasteiger partial charge >= 0.3 is 0 Å². The zero-order valence-corrected chi connectivity index (χ0v) is 10.6. The van der Waals surface area contributed by atoms with Gasteiger partial charge in [0.1, 0.15) is 5.52 Å². The summed E-state index contributed by atoms with van der Waals surface area (Å²) in [6, 6.07) is 4.92. The molecule has 0 spiro atoms. The van der Waals surface area contributed by atoms with Crippen LogP contribution in [-0.2, 0) is 0 Å². The minimum absolute atomic E-state index is 0.0356. The molecule has 0 saturated carbocycles. The molecular formula is C13H11N5O2. The number of fused-ring (bicyclic) bond motifs is 1. The second-order valence-electron chi connectivity index (χ2n) is 4.42. The van der Waals surface area contributed by atoms with Gasteiger partial charge in [0.2, 0.25) is 5.95 Å². The summed E-state index contributed by atoms with van der Waals surface area (Å²) in [6.07, 6.45) is 3.33. The van der Waals surface area contributed by atoms with Crippen LogP contribution in [0.15, 0.2) is 30.6 Å². The number of hydrogen-bond acceptors (Lipinski definition) is 5. The third-order valence-electron chi connectivity index (χ3n) is 3.14. The van der Waals surface area contributed by atoms with Gasteiger partial charge in [0.05, 0.1) is 10.6 Å². The predicted octanol–water partition coefficient (Wildman–Crippen LogP) is 2.42. The molecule has 1 aromatic carbocycles. The topological polar surface area (TPSA) is 111 Å². The number of non-ortho nitro benzene ring substituents is 1. The number of H-pyrrole nitrogens is 1. The van der Waals surface area contributed by atoms with Gasteiger partial charge in [-0.2, -0.15) is 0 Å². The number of benzene rings is 1. The molecule has 2 aromatic heterocycles. The zero-order chi connectivity index (χ0) is 14.3. The molecule has 0 atom stereocenters. The molecule has 0 bridgehead atoms. The SMILES string of the molecule is Cc1cnc(N)nc1-c1c[nH]c2c([N+](=O)[O-])cccc12. The standard InChI is InChI=1S/C13H11N5O2/c1-7-5-16-13(14)17-11(7)9-6-15-12-8(9)3-2-4-10(12)18(19)20/h2-6,15H,1H3,(H2,14,16,17). The van der Waals surface area contributed by atoms with Gasteiger partial charge in [-0.15, -0.1) is 0 Å². The van der Waals surface area contributed by atoms with E-state index in [1.807, 2.05) is 13.0 Å². The monoisotopic (exact) mass is 269 g/mol. The maximum absolute atomic E-state index is 11.0. The van der Waals surface area contributed by atoms with Crippen molar-refractivity contribution in [2.45, 2.75) is 6.92 Å². The lowest BCUT2D eigenvalue weighted by atomic mass is 10.1. The molecule has 0 radical (unpaired) electrons. The Kier molecular flexibility index (Phi) is 2.60. The fourth-order valence-electron chi connectivity index (χ4n) is 2.21. The van der Waals surface area contributed by atoms with Crippen molar-refractivity contribution in [1.82, 2.24) is 15.0 Å². The van der Waals surface area contributed by atoms with Gasteiger partial charge in [0.25, 0.3) is 5.69 Å². The Hall–Kier alpha value is -2.96. The van der Waals surface area contributed by atoms with Gasteiger partial charge < -0.3 is 10.7 Å². The van der Waals surface area contributed by atoms with Gasteiger partial charge in [-0.05, 0) is 12.5 Å². The Morgan fingerprint density at radius 1 is 1.40 bits per heavy atom. The lowest BCUT2D eigenvalue weighted by Crippen LogP contribution is -1.97. The van der Waals surface area contributed by atoms with Gasteiger partial charge in [0.15, 0.2) is 0 Å². The van der Waals surface area contributed by atoms with E-state index in [-0.39, 0.29) is 11.6 Å². The number of nitrogens with one attached hydrogen (secondary N) is 1. The quantitative estimate of drug-likeness (QED) is 0.548. The van der Waals surface area contributed by atoms with Crippen molar-refractivity contribution in [3.05, 3.63) is 46.3 Å². The average Bonchev–Trinajstić information content (AvgIpc) is 2.85. The van der Waals surface area contributed by atoms with Crippen molar-refractivity contribution in [1.29, 1.82) is 0 Å². The molecule has 3 rings (SSSR count). The smallest absolute Gasteiger partial charge is 0.293 e. The lowest BCUT2D eigenvalue weighted by Gasteiger charge is -2.03. The largest absolute Gasteiger partial charge is 0.368 e. The summed E-state index contributed by atoms with van der Waals surface area (Å²) in [7, 11) is 0. The first-order valence-corrected chi connectivity index (χ1v) is 5.92.